The molecule has 1 heterocycles. The van der Waals surface area contributed by atoms with Gasteiger partial charge >= 0.3 is 16.3 Å². The van der Waals surface area contributed by atoms with Crippen molar-refractivity contribution >= 4 is 22.0 Å². The van der Waals surface area contributed by atoms with Crippen LogP contribution in [0.4, 0.5) is 14.9 Å². The quantitative estimate of drug-likeness (QED) is 0.881. The van der Waals surface area contributed by atoms with Gasteiger partial charge in [-0.2, -0.15) is 12.7 Å². The zero-order chi connectivity index (χ0) is 15.5. The Morgan fingerprint density at radius 3 is 2.29 bits per heavy atom. The van der Waals surface area contributed by atoms with Gasteiger partial charge in [-0.25, -0.2) is 13.9 Å². The normalized spacial score (nSPS) is 16.6. The summed E-state index contributed by atoms with van der Waals surface area (Å²) >= 11 is 0. The Kier molecular flexibility index (Phi) is 4.63. The maximum Gasteiger partial charge on any atom is 0.421 e. The molecule has 2 rings (SSSR count). The van der Waals surface area contributed by atoms with Gasteiger partial charge in [0.15, 0.2) is 0 Å². The number of methoxy groups -OCH3 is 1. The van der Waals surface area contributed by atoms with Gasteiger partial charge in [0.05, 0.1) is 7.11 Å². The van der Waals surface area contributed by atoms with Crippen molar-refractivity contribution in [1.82, 2.24) is 9.03 Å². The van der Waals surface area contributed by atoms with E-state index in [-0.39, 0.29) is 18.9 Å². The van der Waals surface area contributed by atoms with Gasteiger partial charge < -0.3 is 9.64 Å². The van der Waals surface area contributed by atoms with Crippen molar-refractivity contribution in [2.75, 3.05) is 38.2 Å². The molecule has 21 heavy (non-hydrogen) atoms. The van der Waals surface area contributed by atoms with E-state index in [9.17, 15) is 17.6 Å². The summed E-state index contributed by atoms with van der Waals surface area (Å²) in [6.07, 6.45) is -1.02. The Labute approximate surface area is 122 Å². The van der Waals surface area contributed by atoms with Crippen molar-refractivity contribution < 1.29 is 22.3 Å². The molecule has 0 bridgehead atoms. The summed E-state index contributed by atoms with van der Waals surface area (Å²) in [5, 5.41) is 0. The third kappa shape index (κ3) is 3.82. The van der Waals surface area contributed by atoms with E-state index >= 15 is 0 Å². The Bertz CT molecular complexity index is 597. The van der Waals surface area contributed by atoms with E-state index in [1.54, 1.807) is 16.9 Å². The lowest BCUT2D eigenvalue weighted by molar-refractivity contribution is 0.177. The molecule has 1 N–H and O–H groups in total. The monoisotopic (exact) mass is 317 g/mol. The van der Waals surface area contributed by atoms with E-state index in [2.05, 4.69) is 4.74 Å². The van der Waals surface area contributed by atoms with Gasteiger partial charge in [-0.3, -0.25) is 0 Å². The average molecular weight is 317 g/mol. The van der Waals surface area contributed by atoms with E-state index < -0.39 is 16.3 Å². The smallest absolute Gasteiger partial charge is 0.421 e. The molecule has 1 fully saturated rings. The van der Waals surface area contributed by atoms with Gasteiger partial charge in [0.1, 0.15) is 5.82 Å². The van der Waals surface area contributed by atoms with Crippen molar-refractivity contribution in [3.05, 3.63) is 30.1 Å². The molecule has 0 aliphatic carbocycles. The number of nitrogens with one attached hydrogen (secondary N) is 1. The van der Waals surface area contributed by atoms with Crippen LogP contribution in [0, 0.1) is 5.82 Å². The zero-order valence-electron chi connectivity index (χ0n) is 11.5. The number of hydrogen-bond acceptors (Lipinski definition) is 5. The maximum absolute atomic E-state index is 12.9. The van der Waals surface area contributed by atoms with Gasteiger partial charge in [0, 0.05) is 31.9 Å². The van der Waals surface area contributed by atoms with Crippen LogP contribution < -0.4 is 9.62 Å². The fourth-order valence-corrected chi connectivity index (χ4v) is 3.12. The molecule has 0 aromatic heterocycles. The number of ether oxygens (including phenoxy) is 1. The largest absolute Gasteiger partial charge is 0.452 e. The Balaban J connectivity index is 1.97. The second-order valence-electron chi connectivity index (χ2n) is 4.46. The summed E-state index contributed by atoms with van der Waals surface area (Å²) in [6.45, 7) is 1.36. The second kappa shape index (κ2) is 6.27. The first kappa shape index (κ1) is 15.5. The number of rotatable bonds is 3. The van der Waals surface area contributed by atoms with Crippen LogP contribution in [-0.4, -0.2) is 52.1 Å². The number of amides is 1. The van der Waals surface area contributed by atoms with Crippen LogP contribution in [0.5, 0.6) is 0 Å². The van der Waals surface area contributed by atoms with Crippen LogP contribution in [0.2, 0.25) is 0 Å². The van der Waals surface area contributed by atoms with Gasteiger partial charge in [0.25, 0.3) is 0 Å². The van der Waals surface area contributed by atoms with Crippen molar-refractivity contribution in [2.45, 2.75) is 0 Å². The zero-order valence-corrected chi connectivity index (χ0v) is 12.3. The molecule has 1 amide bonds. The van der Waals surface area contributed by atoms with Crippen LogP contribution in [-0.2, 0) is 14.9 Å². The topological polar surface area (TPSA) is 78.9 Å². The Morgan fingerprint density at radius 1 is 1.19 bits per heavy atom. The van der Waals surface area contributed by atoms with E-state index in [0.717, 1.165) is 12.8 Å². The first-order valence-corrected chi connectivity index (χ1v) is 7.73. The van der Waals surface area contributed by atoms with Crippen LogP contribution in [0.1, 0.15) is 0 Å². The number of halogens is 1. The lowest BCUT2D eigenvalue weighted by atomic mass is 10.2. The minimum absolute atomic E-state index is 0.226. The lowest BCUT2D eigenvalue weighted by Gasteiger charge is -2.35. The van der Waals surface area contributed by atoms with Crippen LogP contribution in [0.3, 0.4) is 0 Å². The number of hydrogen-bond donors (Lipinski definition) is 1. The standard InChI is InChI=1S/C12H16FN3O4S/c1-20-12(17)14-21(18,19)16-8-6-15(7-9-16)11-4-2-10(13)3-5-11/h2-5H,6-9H2,1H3,(H,14,17). The minimum atomic E-state index is -3.88. The lowest BCUT2D eigenvalue weighted by Crippen LogP contribution is -2.53. The molecule has 9 heteroatoms. The van der Waals surface area contributed by atoms with Crippen LogP contribution >= 0.6 is 0 Å². The molecule has 1 aromatic carbocycles. The molecule has 0 saturated carbocycles. The number of carbonyl (C=O) groups excluding carboxylic acids is 1. The second-order valence-corrected chi connectivity index (χ2v) is 6.13. The summed E-state index contributed by atoms with van der Waals surface area (Å²) in [7, 11) is -2.79. The van der Waals surface area contributed by atoms with Crippen molar-refractivity contribution in [3.63, 3.8) is 0 Å². The van der Waals surface area contributed by atoms with E-state index in [1.807, 2.05) is 4.90 Å². The molecule has 0 unspecified atom stereocenters. The molecule has 0 atom stereocenters. The first-order chi connectivity index (χ1) is 9.92. The fourth-order valence-electron chi connectivity index (χ4n) is 2.05. The number of nitrogens with zero attached hydrogens (tertiary/aromatic N) is 2. The SMILES string of the molecule is COC(=O)NS(=O)(=O)N1CCN(c2ccc(F)cc2)CC1. The number of piperazine rings is 1. The molecule has 1 aromatic rings. The summed E-state index contributed by atoms with van der Waals surface area (Å²) in [6, 6.07) is 6.01. The highest BCUT2D eigenvalue weighted by Gasteiger charge is 2.28. The van der Waals surface area contributed by atoms with Crippen LogP contribution in [0.15, 0.2) is 24.3 Å². The van der Waals surface area contributed by atoms with E-state index in [4.69, 9.17) is 0 Å². The predicted octanol–water partition coefficient (Wildman–Crippen LogP) is 0.548. The van der Waals surface area contributed by atoms with Crippen molar-refractivity contribution in [2.24, 2.45) is 0 Å². The average Bonchev–Trinajstić information content (AvgIpc) is 2.47. The number of carbonyl (C=O) groups is 1. The third-order valence-electron chi connectivity index (χ3n) is 3.17. The summed E-state index contributed by atoms with van der Waals surface area (Å²) < 4.78 is 43.9. The molecule has 1 saturated heterocycles. The van der Waals surface area contributed by atoms with Gasteiger partial charge in [-0.05, 0) is 24.3 Å². The van der Waals surface area contributed by atoms with Crippen LogP contribution in [0.25, 0.3) is 0 Å². The Hall–Kier alpha value is -1.87. The molecule has 7 nitrogen and oxygen atoms in total. The first-order valence-electron chi connectivity index (χ1n) is 6.29. The highest BCUT2D eigenvalue weighted by molar-refractivity contribution is 7.87. The summed E-state index contributed by atoms with van der Waals surface area (Å²) in [5.74, 6) is -0.317. The fraction of sp³-hybridized carbons (Fsp3) is 0.417. The van der Waals surface area contributed by atoms with Gasteiger partial charge in [0.2, 0.25) is 0 Å². The predicted molar refractivity (Wildman–Crippen MR) is 74.6 cm³/mol. The summed E-state index contributed by atoms with van der Waals surface area (Å²) in [4.78, 5) is 13.0. The molecule has 116 valence electrons. The maximum atomic E-state index is 12.9. The van der Waals surface area contributed by atoms with Crippen molar-refractivity contribution in [3.8, 4) is 0 Å². The highest BCUT2D eigenvalue weighted by atomic mass is 32.2. The molecule has 0 spiro atoms. The van der Waals surface area contributed by atoms with Gasteiger partial charge in [-0.15, -0.1) is 0 Å². The summed E-state index contributed by atoms with van der Waals surface area (Å²) in [5.41, 5.74) is 0.828. The number of anilines is 1. The Morgan fingerprint density at radius 2 is 1.76 bits per heavy atom. The van der Waals surface area contributed by atoms with Gasteiger partial charge in [-0.1, -0.05) is 0 Å². The molecule has 1 aliphatic heterocycles. The van der Waals surface area contributed by atoms with E-state index in [0.29, 0.717) is 13.1 Å². The molecular weight excluding hydrogens is 301 g/mol. The minimum Gasteiger partial charge on any atom is -0.452 e. The third-order valence-corrected chi connectivity index (χ3v) is 4.64. The molecule has 1 aliphatic rings. The molecule has 0 radical (unpaired) electrons. The highest BCUT2D eigenvalue weighted by Crippen LogP contribution is 2.17. The number of benzene rings is 1. The van der Waals surface area contributed by atoms with Crippen molar-refractivity contribution in [1.29, 1.82) is 0 Å². The van der Waals surface area contributed by atoms with E-state index in [1.165, 1.54) is 16.4 Å². The molecular formula is C12H16FN3O4S.